The standard InChI is InChI=1S/C34H60B2/c1-27(2)25-33(35(29-17-9-5-10-18-29)30-19-11-6-12-20-30)26-34(28(3)4)36(31-21-13-7-14-22-31)32-23-15-8-16-24-32/h25-32H,5-24H2,1-4H3/b33-25+,34-26+. The van der Waals surface area contributed by atoms with E-state index in [9.17, 15) is 0 Å². The Balaban J connectivity index is 1.73. The van der Waals surface area contributed by atoms with E-state index in [0.717, 1.165) is 36.7 Å². The first kappa shape index (κ1) is 28.6. The highest BCUT2D eigenvalue weighted by Crippen LogP contribution is 2.48. The summed E-state index contributed by atoms with van der Waals surface area (Å²) in [6.45, 7) is 11.7. The molecule has 0 aromatic rings. The molecule has 0 bridgehead atoms. The van der Waals surface area contributed by atoms with E-state index < -0.39 is 0 Å². The molecule has 0 amide bonds. The Hall–Kier alpha value is -0.390. The van der Waals surface area contributed by atoms with Gasteiger partial charge in [-0.25, -0.2) is 0 Å². The smallest absolute Gasteiger partial charge is 0.0986 e. The summed E-state index contributed by atoms with van der Waals surface area (Å²) in [5.74, 6) is 5.14. The van der Waals surface area contributed by atoms with Gasteiger partial charge in [0.1, 0.15) is 0 Å². The maximum Gasteiger partial charge on any atom is 0.181 e. The van der Waals surface area contributed by atoms with E-state index >= 15 is 0 Å². The lowest BCUT2D eigenvalue weighted by molar-refractivity contribution is 0.461. The molecule has 0 saturated heterocycles. The van der Waals surface area contributed by atoms with Crippen LogP contribution in [0.5, 0.6) is 0 Å². The molecule has 4 saturated carbocycles. The molecule has 0 N–H and O–H groups in total. The molecule has 0 atom stereocenters. The summed E-state index contributed by atoms with van der Waals surface area (Å²) < 4.78 is 0. The van der Waals surface area contributed by atoms with Crippen molar-refractivity contribution in [2.45, 2.75) is 179 Å². The van der Waals surface area contributed by atoms with E-state index in [2.05, 4.69) is 39.8 Å². The van der Waals surface area contributed by atoms with E-state index in [-0.39, 0.29) is 0 Å². The highest BCUT2D eigenvalue weighted by molar-refractivity contribution is 6.72. The minimum atomic E-state index is 0.655. The van der Waals surface area contributed by atoms with Crippen LogP contribution in [-0.2, 0) is 0 Å². The lowest BCUT2D eigenvalue weighted by Crippen LogP contribution is -2.36. The van der Waals surface area contributed by atoms with Crippen LogP contribution in [0.1, 0.15) is 156 Å². The number of hydrogen-bond donors (Lipinski definition) is 0. The summed E-state index contributed by atoms with van der Waals surface area (Å²) in [6, 6.07) is 0. The van der Waals surface area contributed by atoms with Crippen LogP contribution < -0.4 is 0 Å². The van der Waals surface area contributed by atoms with Crippen molar-refractivity contribution in [3.8, 4) is 0 Å². The highest BCUT2D eigenvalue weighted by atomic mass is 14.3. The fourth-order valence-corrected chi connectivity index (χ4v) is 9.31. The number of allylic oxidation sites excluding steroid dienone is 4. The largest absolute Gasteiger partial charge is 0.181 e. The minimum absolute atomic E-state index is 0.655. The topological polar surface area (TPSA) is 0 Å². The third kappa shape index (κ3) is 7.82. The van der Waals surface area contributed by atoms with Crippen molar-refractivity contribution in [1.29, 1.82) is 0 Å². The summed E-state index contributed by atoms with van der Waals surface area (Å²) in [5, 5.41) is 0. The molecule has 202 valence electrons. The van der Waals surface area contributed by atoms with Crippen molar-refractivity contribution >= 4 is 13.4 Å². The van der Waals surface area contributed by atoms with Gasteiger partial charge in [0.2, 0.25) is 0 Å². The minimum Gasteiger partial charge on any atom is -0.0986 e. The van der Waals surface area contributed by atoms with Gasteiger partial charge in [-0.1, -0.05) is 202 Å². The quantitative estimate of drug-likeness (QED) is 0.223. The van der Waals surface area contributed by atoms with Crippen molar-refractivity contribution in [3.05, 3.63) is 23.1 Å². The molecule has 2 heteroatoms. The maximum atomic E-state index is 2.91. The van der Waals surface area contributed by atoms with Gasteiger partial charge in [0.15, 0.2) is 13.4 Å². The monoisotopic (exact) mass is 490 g/mol. The van der Waals surface area contributed by atoms with Gasteiger partial charge < -0.3 is 0 Å². The normalized spacial score (nSPS) is 25.1. The summed E-state index contributed by atoms with van der Waals surface area (Å²) in [4.78, 5) is 0. The van der Waals surface area contributed by atoms with E-state index in [0.29, 0.717) is 11.8 Å². The van der Waals surface area contributed by atoms with Gasteiger partial charge in [-0.15, -0.1) is 0 Å². The first-order chi connectivity index (χ1) is 17.5. The zero-order chi connectivity index (χ0) is 25.3. The third-order valence-electron chi connectivity index (χ3n) is 10.9. The maximum absolute atomic E-state index is 2.91. The van der Waals surface area contributed by atoms with Crippen molar-refractivity contribution in [1.82, 2.24) is 0 Å². The van der Waals surface area contributed by atoms with Crippen LogP contribution >= 0.6 is 0 Å². The van der Waals surface area contributed by atoms with Gasteiger partial charge in [0.25, 0.3) is 0 Å². The number of rotatable bonds is 9. The van der Waals surface area contributed by atoms with Gasteiger partial charge in [-0.05, 0) is 11.8 Å². The Bertz CT molecular complexity index is 644. The summed E-state index contributed by atoms with van der Waals surface area (Å²) in [7, 11) is 0. The second-order valence-electron chi connectivity index (χ2n) is 14.4. The lowest BCUT2D eigenvalue weighted by Gasteiger charge is -2.40. The van der Waals surface area contributed by atoms with Crippen molar-refractivity contribution in [2.24, 2.45) is 11.8 Å². The number of hydrogen-bond acceptors (Lipinski definition) is 0. The molecule has 0 aliphatic heterocycles. The zero-order valence-corrected chi connectivity index (χ0v) is 24.9. The van der Waals surface area contributed by atoms with Gasteiger partial charge >= 0.3 is 0 Å². The summed E-state index contributed by atoms with van der Waals surface area (Å²) in [5.41, 5.74) is 3.70. The molecule has 4 aliphatic carbocycles. The predicted octanol–water partition coefficient (Wildman–Crippen LogP) is 11.6. The lowest BCUT2D eigenvalue weighted by atomic mass is 9.24. The molecule has 0 unspecified atom stereocenters. The second kappa shape index (κ2) is 14.7. The van der Waals surface area contributed by atoms with Crippen LogP contribution in [-0.4, -0.2) is 13.4 Å². The van der Waals surface area contributed by atoms with Crippen LogP contribution in [0.2, 0.25) is 23.3 Å². The van der Waals surface area contributed by atoms with E-state index in [1.54, 1.807) is 0 Å². The van der Waals surface area contributed by atoms with E-state index in [4.69, 9.17) is 0 Å². The highest BCUT2D eigenvalue weighted by Gasteiger charge is 2.40. The Kier molecular flexibility index (Phi) is 11.7. The van der Waals surface area contributed by atoms with Crippen LogP contribution in [0.15, 0.2) is 23.1 Å². The van der Waals surface area contributed by atoms with Crippen molar-refractivity contribution in [3.63, 3.8) is 0 Å². The van der Waals surface area contributed by atoms with Crippen LogP contribution in [0.25, 0.3) is 0 Å². The van der Waals surface area contributed by atoms with Crippen LogP contribution in [0, 0.1) is 11.8 Å². The fourth-order valence-electron chi connectivity index (χ4n) is 9.31. The summed E-state index contributed by atoms with van der Waals surface area (Å²) >= 11 is 0. The van der Waals surface area contributed by atoms with Gasteiger partial charge in [-0.2, -0.15) is 0 Å². The molecule has 4 fully saturated rings. The molecular weight excluding hydrogens is 430 g/mol. The zero-order valence-electron chi connectivity index (χ0n) is 24.9. The van der Waals surface area contributed by atoms with Gasteiger partial charge in [0, 0.05) is 0 Å². The Morgan fingerprint density at radius 2 is 0.833 bits per heavy atom. The molecule has 4 rings (SSSR count). The van der Waals surface area contributed by atoms with Crippen LogP contribution in [0.3, 0.4) is 0 Å². The van der Waals surface area contributed by atoms with Gasteiger partial charge in [-0.3, -0.25) is 0 Å². The summed E-state index contributed by atoms with van der Waals surface area (Å²) in [6.07, 6.45) is 35.5. The molecule has 0 spiro atoms. The molecule has 4 aliphatic rings. The molecule has 0 aromatic carbocycles. The fraction of sp³-hybridized carbons (Fsp3) is 0.882. The molecule has 0 heterocycles. The Labute approximate surface area is 227 Å². The first-order valence-electron chi connectivity index (χ1n) is 17.0. The van der Waals surface area contributed by atoms with Crippen molar-refractivity contribution < 1.29 is 0 Å². The van der Waals surface area contributed by atoms with Crippen LogP contribution in [0.4, 0.5) is 0 Å². The molecule has 0 nitrogen and oxygen atoms in total. The molecular formula is C34H60B2. The second-order valence-corrected chi connectivity index (χ2v) is 14.4. The van der Waals surface area contributed by atoms with Gasteiger partial charge in [0.05, 0.1) is 0 Å². The predicted molar refractivity (Wildman–Crippen MR) is 165 cm³/mol. The average molecular weight is 490 g/mol. The van der Waals surface area contributed by atoms with E-state index in [1.807, 2.05) is 10.9 Å². The molecule has 0 aromatic heterocycles. The molecule has 36 heavy (non-hydrogen) atoms. The van der Waals surface area contributed by atoms with E-state index in [1.165, 1.54) is 128 Å². The van der Waals surface area contributed by atoms with Crippen molar-refractivity contribution in [2.75, 3.05) is 0 Å². The Morgan fingerprint density at radius 3 is 1.14 bits per heavy atom. The molecule has 0 radical (unpaired) electrons. The first-order valence-corrected chi connectivity index (χ1v) is 17.0. The SMILES string of the molecule is CC(C)/C=C(\C=C(\B(C1CCCCC1)C1CCCCC1)C(C)C)B(C1CCCCC1)C1CCCCC1. The average Bonchev–Trinajstić information content (AvgIpc) is 2.90. The Morgan fingerprint density at radius 1 is 0.500 bits per heavy atom. The third-order valence-corrected chi connectivity index (χ3v) is 10.9.